The number of rotatable bonds is 2. The Morgan fingerprint density at radius 2 is 2.47 bits per heavy atom. The first-order valence-corrected chi connectivity index (χ1v) is 5.17. The molecule has 3 nitrogen and oxygen atoms in total. The fourth-order valence-corrected chi connectivity index (χ4v) is 1.80. The summed E-state index contributed by atoms with van der Waals surface area (Å²) in [5.74, 6) is 0.950. The summed E-state index contributed by atoms with van der Waals surface area (Å²) in [5.41, 5.74) is 2.20. The second kappa shape index (κ2) is 4.22. The summed E-state index contributed by atoms with van der Waals surface area (Å²) in [7, 11) is 0. The van der Waals surface area contributed by atoms with E-state index in [0.717, 1.165) is 23.4 Å². The number of nitrogens with zero attached hydrogens (tertiary/aromatic N) is 1. The monoisotopic (exact) mass is 202 g/mol. The minimum absolute atomic E-state index is 0.263. The molecule has 0 spiro atoms. The van der Waals surface area contributed by atoms with Crippen LogP contribution in [0.25, 0.3) is 0 Å². The van der Waals surface area contributed by atoms with Crippen molar-refractivity contribution in [2.45, 2.75) is 25.8 Å². The Kier molecular flexibility index (Phi) is 2.77. The Hall–Kier alpha value is -1.69. The summed E-state index contributed by atoms with van der Waals surface area (Å²) in [6.07, 6.45) is 1.41. The molecule has 1 unspecified atom stereocenters. The molecule has 0 saturated heterocycles. The lowest BCUT2D eigenvalue weighted by Gasteiger charge is -2.28. The molecule has 1 heterocycles. The number of anilines is 1. The van der Waals surface area contributed by atoms with E-state index in [1.807, 2.05) is 25.1 Å². The topological polar surface area (TPSA) is 45.0 Å². The van der Waals surface area contributed by atoms with Gasteiger partial charge in [0.15, 0.2) is 0 Å². The SMILES string of the molecule is Cc1cccc2c1OCC(CCC#N)N2. The third kappa shape index (κ3) is 2.04. The van der Waals surface area contributed by atoms with Gasteiger partial charge in [0.05, 0.1) is 17.8 Å². The summed E-state index contributed by atoms with van der Waals surface area (Å²) in [4.78, 5) is 0. The largest absolute Gasteiger partial charge is 0.489 e. The number of para-hydroxylation sites is 1. The molecule has 1 aromatic rings. The van der Waals surface area contributed by atoms with E-state index in [4.69, 9.17) is 10.00 Å². The highest BCUT2D eigenvalue weighted by Gasteiger charge is 2.19. The normalized spacial score (nSPS) is 18.3. The number of aryl methyl sites for hydroxylation is 1. The van der Waals surface area contributed by atoms with Crippen LogP contribution in [0.3, 0.4) is 0 Å². The molecular weight excluding hydrogens is 188 g/mol. The average molecular weight is 202 g/mol. The molecule has 0 saturated carbocycles. The summed E-state index contributed by atoms with van der Waals surface area (Å²) < 4.78 is 5.69. The van der Waals surface area contributed by atoms with Crippen molar-refractivity contribution in [1.82, 2.24) is 0 Å². The van der Waals surface area contributed by atoms with Gasteiger partial charge in [-0.15, -0.1) is 0 Å². The van der Waals surface area contributed by atoms with E-state index < -0.39 is 0 Å². The molecule has 0 bridgehead atoms. The average Bonchev–Trinajstić information content (AvgIpc) is 2.26. The predicted octanol–water partition coefficient (Wildman–Crippen LogP) is 2.47. The van der Waals surface area contributed by atoms with Crippen LogP contribution < -0.4 is 10.1 Å². The quantitative estimate of drug-likeness (QED) is 0.801. The fraction of sp³-hybridized carbons (Fsp3) is 0.417. The third-order valence-electron chi connectivity index (χ3n) is 2.60. The molecule has 15 heavy (non-hydrogen) atoms. The fourth-order valence-electron chi connectivity index (χ4n) is 1.80. The lowest BCUT2D eigenvalue weighted by molar-refractivity contribution is 0.277. The lowest BCUT2D eigenvalue weighted by Crippen LogP contribution is -2.31. The van der Waals surface area contributed by atoms with E-state index >= 15 is 0 Å². The smallest absolute Gasteiger partial charge is 0.145 e. The molecule has 1 aromatic carbocycles. The number of nitrogens with one attached hydrogen (secondary N) is 1. The molecule has 0 amide bonds. The number of ether oxygens (including phenoxy) is 1. The molecule has 78 valence electrons. The highest BCUT2D eigenvalue weighted by molar-refractivity contribution is 5.61. The number of benzene rings is 1. The number of hydrogen-bond acceptors (Lipinski definition) is 3. The van der Waals surface area contributed by atoms with Gasteiger partial charge < -0.3 is 10.1 Å². The van der Waals surface area contributed by atoms with Gasteiger partial charge in [-0.3, -0.25) is 0 Å². The Morgan fingerprint density at radius 1 is 1.60 bits per heavy atom. The maximum Gasteiger partial charge on any atom is 0.145 e. The first kappa shape index (κ1) is 9.85. The van der Waals surface area contributed by atoms with Gasteiger partial charge in [-0.2, -0.15) is 5.26 Å². The number of hydrogen-bond donors (Lipinski definition) is 1. The van der Waals surface area contributed by atoms with Crippen molar-refractivity contribution < 1.29 is 4.74 Å². The van der Waals surface area contributed by atoms with Crippen LogP contribution in [0, 0.1) is 18.3 Å². The van der Waals surface area contributed by atoms with Crippen molar-refractivity contribution in [3.05, 3.63) is 23.8 Å². The highest BCUT2D eigenvalue weighted by Crippen LogP contribution is 2.32. The summed E-state index contributed by atoms with van der Waals surface area (Å²) in [5, 5.41) is 11.9. The molecule has 1 aliphatic rings. The van der Waals surface area contributed by atoms with Crippen LogP contribution in [0.5, 0.6) is 5.75 Å². The number of nitriles is 1. The van der Waals surface area contributed by atoms with Crippen LogP contribution >= 0.6 is 0 Å². The van der Waals surface area contributed by atoms with Crippen molar-refractivity contribution >= 4 is 5.69 Å². The molecular formula is C12H14N2O. The van der Waals surface area contributed by atoms with Crippen molar-refractivity contribution in [2.24, 2.45) is 0 Å². The zero-order valence-corrected chi connectivity index (χ0v) is 8.79. The molecule has 1 atom stereocenters. The zero-order chi connectivity index (χ0) is 10.7. The lowest BCUT2D eigenvalue weighted by atomic mass is 10.1. The second-order valence-electron chi connectivity index (χ2n) is 3.80. The predicted molar refractivity (Wildman–Crippen MR) is 58.9 cm³/mol. The van der Waals surface area contributed by atoms with Crippen molar-refractivity contribution in [1.29, 1.82) is 5.26 Å². The molecule has 0 radical (unpaired) electrons. The standard InChI is InChI=1S/C12H14N2O/c1-9-4-2-6-11-12(9)15-8-10(14-11)5-3-7-13/h2,4,6,10,14H,3,5,8H2,1H3. The van der Waals surface area contributed by atoms with E-state index in [-0.39, 0.29) is 6.04 Å². The molecule has 2 rings (SSSR count). The Labute approximate surface area is 89.7 Å². The summed E-state index contributed by atoms with van der Waals surface area (Å²) in [6, 6.07) is 8.48. The second-order valence-corrected chi connectivity index (χ2v) is 3.80. The Morgan fingerprint density at radius 3 is 3.27 bits per heavy atom. The van der Waals surface area contributed by atoms with E-state index in [1.165, 1.54) is 0 Å². The van der Waals surface area contributed by atoms with Gasteiger partial charge in [-0.1, -0.05) is 12.1 Å². The van der Waals surface area contributed by atoms with Gasteiger partial charge in [0.25, 0.3) is 0 Å². The van der Waals surface area contributed by atoms with Gasteiger partial charge in [0.1, 0.15) is 12.4 Å². The molecule has 1 aliphatic heterocycles. The molecule has 3 heteroatoms. The molecule has 0 fully saturated rings. The maximum absolute atomic E-state index is 8.52. The van der Waals surface area contributed by atoms with Crippen LogP contribution in [-0.4, -0.2) is 12.6 Å². The van der Waals surface area contributed by atoms with Gasteiger partial charge >= 0.3 is 0 Å². The third-order valence-corrected chi connectivity index (χ3v) is 2.60. The first-order chi connectivity index (χ1) is 7.31. The molecule has 1 N–H and O–H groups in total. The van der Waals surface area contributed by atoms with E-state index in [9.17, 15) is 0 Å². The van der Waals surface area contributed by atoms with Crippen molar-refractivity contribution in [3.8, 4) is 11.8 Å². The van der Waals surface area contributed by atoms with Crippen molar-refractivity contribution in [3.63, 3.8) is 0 Å². The van der Waals surface area contributed by atoms with E-state index in [1.54, 1.807) is 0 Å². The summed E-state index contributed by atoms with van der Waals surface area (Å²) >= 11 is 0. The van der Waals surface area contributed by atoms with Crippen LogP contribution in [-0.2, 0) is 0 Å². The first-order valence-electron chi connectivity index (χ1n) is 5.17. The minimum atomic E-state index is 0.263. The molecule has 0 aromatic heterocycles. The van der Waals surface area contributed by atoms with Gasteiger partial charge in [0.2, 0.25) is 0 Å². The van der Waals surface area contributed by atoms with Crippen LogP contribution in [0.1, 0.15) is 18.4 Å². The van der Waals surface area contributed by atoms with Gasteiger partial charge in [0, 0.05) is 6.42 Å². The van der Waals surface area contributed by atoms with Crippen LogP contribution in [0.2, 0.25) is 0 Å². The Bertz CT molecular complexity index is 395. The van der Waals surface area contributed by atoms with Crippen molar-refractivity contribution in [2.75, 3.05) is 11.9 Å². The van der Waals surface area contributed by atoms with E-state index in [2.05, 4.69) is 11.4 Å². The number of fused-ring (bicyclic) bond motifs is 1. The highest BCUT2D eigenvalue weighted by atomic mass is 16.5. The van der Waals surface area contributed by atoms with Gasteiger partial charge in [-0.05, 0) is 25.0 Å². The minimum Gasteiger partial charge on any atom is -0.489 e. The van der Waals surface area contributed by atoms with Gasteiger partial charge in [-0.25, -0.2) is 0 Å². The van der Waals surface area contributed by atoms with Crippen LogP contribution in [0.15, 0.2) is 18.2 Å². The van der Waals surface area contributed by atoms with E-state index in [0.29, 0.717) is 13.0 Å². The Balaban J connectivity index is 2.11. The zero-order valence-electron chi connectivity index (χ0n) is 8.79. The molecule has 0 aliphatic carbocycles. The van der Waals surface area contributed by atoms with Crippen LogP contribution in [0.4, 0.5) is 5.69 Å². The maximum atomic E-state index is 8.52. The summed E-state index contributed by atoms with van der Waals surface area (Å²) in [6.45, 7) is 2.69.